The maximum atomic E-state index is 14.2. The van der Waals surface area contributed by atoms with E-state index in [1.54, 1.807) is 58.9 Å². The summed E-state index contributed by atoms with van der Waals surface area (Å²) in [5, 5.41) is 23.9. The number of ether oxygens (including phenoxy) is 2. The summed E-state index contributed by atoms with van der Waals surface area (Å²) in [6.45, 7) is 13.3. The maximum Gasteiger partial charge on any atom is 0.226 e. The number of likely N-dealkylation sites (tertiary alicyclic amines) is 1. The first-order valence-corrected chi connectivity index (χ1v) is 18.7. The van der Waals surface area contributed by atoms with Crippen molar-refractivity contribution in [1.82, 2.24) is 15.1 Å². The van der Waals surface area contributed by atoms with Crippen LogP contribution in [0.25, 0.3) is 0 Å². The molecule has 51 heavy (non-hydrogen) atoms. The first-order valence-electron chi connectivity index (χ1n) is 18.7. The summed E-state index contributed by atoms with van der Waals surface area (Å²) in [6.07, 6.45) is 0.395. The Balaban J connectivity index is 2.26. The second-order valence-corrected chi connectivity index (χ2v) is 15.4. The molecule has 1 saturated heterocycles. The van der Waals surface area contributed by atoms with Gasteiger partial charge in [0, 0.05) is 59.1 Å². The highest BCUT2D eigenvalue weighted by Gasteiger charge is 2.43. The molecule has 0 aliphatic carbocycles. The maximum absolute atomic E-state index is 14.2. The molecule has 1 unspecified atom stereocenters. The predicted molar refractivity (Wildman–Crippen MR) is 199 cm³/mol. The number of benzene rings is 1. The fraction of sp³-hybridized carbons (Fsp3) is 0.750. The van der Waals surface area contributed by atoms with Crippen molar-refractivity contribution in [2.45, 2.75) is 123 Å². The average Bonchev–Trinajstić information content (AvgIpc) is 3.62. The lowest BCUT2D eigenvalue weighted by Gasteiger charge is -2.41. The Hall–Kier alpha value is -2.70. The summed E-state index contributed by atoms with van der Waals surface area (Å²) >= 11 is 0. The number of hydrogen-bond donors (Lipinski definition) is 3. The number of likely N-dealkylation sites (N-methyl/N-ethyl adjacent to an activating group) is 2. The largest absolute Gasteiger partial charge is 0.396 e. The van der Waals surface area contributed by atoms with Crippen LogP contribution in [0.1, 0.15) is 98.7 Å². The fourth-order valence-electron chi connectivity index (χ4n) is 7.45. The van der Waals surface area contributed by atoms with E-state index in [1.807, 2.05) is 58.0 Å². The number of aliphatic hydroxyl groups excluding tert-OH is 2. The van der Waals surface area contributed by atoms with E-state index >= 15 is 0 Å². The Bertz CT molecular complexity index is 1260. The second-order valence-electron chi connectivity index (χ2n) is 15.4. The number of nitrogens with zero attached hydrogens (tertiary/aromatic N) is 2. The van der Waals surface area contributed by atoms with Crippen LogP contribution in [0, 0.1) is 29.6 Å². The molecule has 2 amide bonds. The van der Waals surface area contributed by atoms with Gasteiger partial charge in [-0.05, 0) is 57.1 Å². The monoisotopic (exact) mass is 717 g/mol. The molecule has 0 spiro atoms. The number of rotatable bonds is 22. The highest BCUT2D eigenvalue weighted by molar-refractivity contribution is 5.92. The molecule has 0 radical (unpaired) electrons. The van der Waals surface area contributed by atoms with Crippen LogP contribution in [0.2, 0.25) is 0 Å². The number of carbonyl (C=O) groups excluding carboxylic acids is 4. The van der Waals surface area contributed by atoms with Crippen molar-refractivity contribution in [2.24, 2.45) is 29.6 Å². The van der Waals surface area contributed by atoms with Crippen molar-refractivity contribution in [3.8, 4) is 0 Å². The lowest BCUT2D eigenvalue weighted by molar-refractivity contribution is -0.149. The molecular formula is C40H67N3O8. The van der Waals surface area contributed by atoms with Crippen LogP contribution in [0.15, 0.2) is 30.3 Å². The van der Waals surface area contributed by atoms with Crippen LogP contribution in [-0.2, 0) is 28.7 Å². The molecular weight excluding hydrogens is 650 g/mol. The van der Waals surface area contributed by atoms with Gasteiger partial charge in [0.25, 0.3) is 0 Å². The molecule has 0 aromatic heterocycles. The Morgan fingerprint density at radius 1 is 0.980 bits per heavy atom. The van der Waals surface area contributed by atoms with E-state index in [0.717, 1.165) is 18.4 Å². The topological polar surface area (TPSA) is 146 Å². The van der Waals surface area contributed by atoms with E-state index in [1.165, 1.54) is 0 Å². The van der Waals surface area contributed by atoms with Crippen LogP contribution in [0.5, 0.6) is 0 Å². The Kier molecular flexibility index (Phi) is 17.9. The Morgan fingerprint density at radius 2 is 1.61 bits per heavy atom. The molecule has 3 N–H and O–H groups in total. The van der Waals surface area contributed by atoms with E-state index < -0.39 is 47.6 Å². The van der Waals surface area contributed by atoms with Crippen molar-refractivity contribution in [3.05, 3.63) is 35.9 Å². The summed E-state index contributed by atoms with van der Waals surface area (Å²) in [5.41, 5.74) is -0.0679. The van der Waals surface area contributed by atoms with Crippen molar-refractivity contribution in [3.63, 3.8) is 0 Å². The minimum Gasteiger partial charge on any atom is -0.396 e. The van der Waals surface area contributed by atoms with Crippen molar-refractivity contribution >= 4 is 23.4 Å². The van der Waals surface area contributed by atoms with Gasteiger partial charge in [0.15, 0.2) is 5.78 Å². The summed E-state index contributed by atoms with van der Waals surface area (Å²) in [7, 11) is 6.51. The molecule has 0 bridgehead atoms. The van der Waals surface area contributed by atoms with Gasteiger partial charge in [-0.25, -0.2) is 0 Å². The van der Waals surface area contributed by atoms with E-state index in [4.69, 9.17) is 9.47 Å². The second kappa shape index (κ2) is 20.5. The third kappa shape index (κ3) is 11.4. The number of carbonyl (C=O) groups is 4. The number of methoxy groups -OCH3 is 2. The number of hydrogen-bond acceptors (Lipinski definition) is 9. The van der Waals surface area contributed by atoms with Gasteiger partial charge in [-0.2, -0.15) is 0 Å². The molecule has 1 aliphatic rings. The quantitative estimate of drug-likeness (QED) is 0.159. The van der Waals surface area contributed by atoms with Crippen LogP contribution < -0.4 is 5.32 Å². The lowest BCUT2D eigenvalue weighted by atomic mass is 9.82. The molecule has 0 saturated carbocycles. The highest BCUT2D eigenvalue weighted by Crippen LogP contribution is 2.32. The van der Waals surface area contributed by atoms with Crippen LogP contribution >= 0.6 is 0 Å². The van der Waals surface area contributed by atoms with E-state index in [-0.39, 0.29) is 67.1 Å². The molecule has 10 atom stereocenters. The summed E-state index contributed by atoms with van der Waals surface area (Å²) in [4.78, 5) is 58.5. The number of ketones is 2. The van der Waals surface area contributed by atoms with Gasteiger partial charge >= 0.3 is 0 Å². The molecule has 2 rings (SSSR count). The van der Waals surface area contributed by atoms with Gasteiger partial charge in [0.05, 0.1) is 42.4 Å². The molecule has 11 nitrogen and oxygen atoms in total. The Morgan fingerprint density at radius 3 is 2.14 bits per heavy atom. The molecule has 1 aliphatic heterocycles. The fourth-order valence-corrected chi connectivity index (χ4v) is 7.45. The summed E-state index contributed by atoms with van der Waals surface area (Å²) in [6, 6.07) is 8.52. The number of Topliss-reactive ketones (excluding diaryl/α,β-unsaturated/α-hetero) is 2. The average molecular weight is 718 g/mol. The zero-order valence-corrected chi connectivity index (χ0v) is 33.1. The number of nitrogens with one attached hydrogen (secondary N) is 1. The normalized spacial score (nSPS) is 20.4. The van der Waals surface area contributed by atoms with Gasteiger partial charge < -0.3 is 34.8 Å². The standard InChI is InChI=1S/C40H67N3O8/c1-12-25(2)36(42(9)39(49)30(27(4)24-44)22-34(46)40(6,7)41-8)33(50-10)23-35(47)43-20-16-19-31(43)38(51-11)28(5)32(45)21-26(3)37(48)29-17-14-13-15-18-29/h13-15,17-18,25-28,30-31,33,36-38,41,44,48H,12,16,19-24H2,1-11H3/t25-,26-,27?,28-,30-,31-,33+,36-,37+,38+/m0/s1. The SMILES string of the molecule is CC[C@H](C)[C@@H]([C@@H](CC(=O)N1CCC[C@H]1[C@H](OC)[C@@H](C)C(=O)C[C@H](C)[C@@H](O)c1ccccc1)OC)N(C)C(=O)[C@@H](CC(=O)C(C)(C)NC)C(C)CO. The van der Waals surface area contributed by atoms with Crippen LogP contribution in [0.3, 0.4) is 0 Å². The van der Waals surface area contributed by atoms with Gasteiger partial charge in [-0.3, -0.25) is 19.2 Å². The van der Waals surface area contributed by atoms with Gasteiger partial charge in [-0.1, -0.05) is 71.4 Å². The molecule has 290 valence electrons. The molecule has 1 aromatic carbocycles. The zero-order valence-electron chi connectivity index (χ0n) is 33.1. The highest BCUT2D eigenvalue weighted by atomic mass is 16.5. The van der Waals surface area contributed by atoms with E-state index in [2.05, 4.69) is 5.32 Å². The minimum atomic E-state index is -0.833. The lowest BCUT2D eigenvalue weighted by Crippen LogP contribution is -2.54. The molecule has 1 aromatic rings. The zero-order chi connectivity index (χ0) is 38.6. The first kappa shape index (κ1) is 44.5. The van der Waals surface area contributed by atoms with E-state index in [9.17, 15) is 29.4 Å². The molecule has 1 fully saturated rings. The van der Waals surface area contributed by atoms with Crippen LogP contribution in [0.4, 0.5) is 0 Å². The molecule has 1 heterocycles. The van der Waals surface area contributed by atoms with Gasteiger partial charge in [-0.15, -0.1) is 0 Å². The number of aliphatic hydroxyl groups is 2. The predicted octanol–water partition coefficient (Wildman–Crippen LogP) is 4.44. The van der Waals surface area contributed by atoms with Crippen molar-refractivity contribution < 1.29 is 38.9 Å². The van der Waals surface area contributed by atoms with E-state index in [0.29, 0.717) is 13.0 Å². The number of amides is 2. The van der Waals surface area contributed by atoms with Crippen molar-refractivity contribution in [1.29, 1.82) is 0 Å². The Labute approximate surface area is 306 Å². The summed E-state index contributed by atoms with van der Waals surface area (Å²) < 4.78 is 11.9. The van der Waals surface area contributed by atoms with Crippen molar-refractivity contribution in [2.75, 3.05) is 41.5 Å². The smallest absolute Gasteiger partial charge is 0.226 e. The van der Waals surface area contributed by atoms with Crippen LogP contribution in [-0.4, -0.2) is 115 Å². The molecule has 11 heteroatoms. The third-order valence-corrected chi connectivity index (χ3v) is 11.6. The summed E-state index contributed by atoms with van der Waals surface area (Å²) in [5.74, 6) is -2.62. The third-order valence-electron chi connectivity index (χ3n) is 11.6. The van der Waals surface area contributed by atoms with Gasteiger partial charge in [0.1, 0.15) is 5.78 Å². The minimum absolute atomic E-state index is 0.0185. The first-order chi connectivity index (χ1) is 24.0. The van der Waals surface area contributed by atoms with Gasteiger partial charge in [0.2, 0.25) is 11.8 Å².